The van der Waals surface area contributed by atoms with E-state index in [1.165, 1.54) is 4.31 Å². The fourth-order valence-corrected chi connectivity index (χ4v) is 5.54. The Morgan fingerprint density at radius 3 is 2.19 bits per heavy atom. The Labute approximate surface area is 213 Å². The number of morpholine rings is 1. The van der Waals surface area contributed by atoms with Crippen LogP contribution in [0.2, 0.25) is 0 Å². The first-order valence-electron chi connectivity index (χ1n) is 12.2. The molecule has 3 aromatic rings. The average molecular weight is 508 g/mol. The van der Waals surface area contributed by atoms with Crippen molar-refractivity contribution in [2.24, 2.45) is 0 Å². The maximum absolute atomic E-state index is 13.5. The highest BCUT2D eigenvalue weighted by atomic mass is 32.2. The van der Waals surface area contributed by atoms with E-state index < -0.39 is 10.0 Å². The van der Waals surface area contributed by atoms with Gasteiger partial charge in [0.1, 0.15) is 6.54 Å². The summed E-state index contributed by atoms with van der Waals surface area (Å²) in [4.78, 5) is 15.3. The van der Waals surface area contributed by atoms with Gasteiger partial charge >= 0.3 is 0 Å². The van der Waals surface area contributed by atoms with Gasteiger partial charge in [-0.1, -0.05) is 56.3 Å². The molecule has 0 spiro atoms. The molecule has 3 aromatic carbocycles. The molecule has 0 bridgehead atoms. The van der Waals surface area contributed by atoms with Crippen molar-refractivity contribution < 1.29 is 17.9 Å². The Balaban J connectivity index is 1.47. The van der Waals surface area contributed by atoms with Crippen LogP contribution in [-0.2, 0) is 26.1 Å². The number of rotatable bonds is 9. The van der Waals surface area contributed by atoms with E-state index in [0.29, 0.717) is 18.2 Å². The summed E-state index contributed by atoms with van der Waals surface area (Å²) in [6.07, 6.45) is 0. The number of carbonyl (C=O) groups is 1. The van der Waals surface area contributed by atoms with Gasteiger partial charge in [0.25, 0.3) is 10.0 Å². The maximum Gasteiger partial charge on any atom is 0.264 e. The summed E-state index contributed by atoms with van der Waals surface area (Å²) in [5.41, 5.74) is 3.62. The van der Waals surface area contributed by atoms with Crippen molar-refractivity contribution >= 4 is 27.3 Å². The second kappa shape index (κ2) is 11.6. The Morgan fingerprint density at radius 2 is 1.58 bits per heavy atom. The van der Waals surface area contributed by atoms with E-state index in [-0.39, 0.29) is 17.3 Å². The molecule has 36 heavy (non-hydrogen) atoms. The van der Waals surface area contributed by atoms with Crippen LogP contribution >= 0.6 is 0 Å². The van der Waals surface area contributed by atoms with Crippen LogP contribution in [0.3, 0.4) is 0 Å². The predicted molar refractivity (Wildman–Crippen MR) is 143 cm³/mol. The molecule has 0 saturated carbocycles. The lowest BCUT2D eigenvalue weighted by Crippen LogP contribution is -2.40. The number of hydrogen-bond donors (Lipinski definition) is 1. The first kappa shape index (κ1) is 25.7. The van der Waals surface area contributed by atoms with Crippen LogP contribution < -0.4 is 14.5 Å². The normalized spacial score (nSPS) is 14.0. The van der Waals surface area contributed by atoms with Crippen LogP contribution in [0.15, 0.2) is 83.8 Å². The summed E-state index contributed by atoms with van der Waals surface area (Å²) in [7, 11) is -3.93. The molecule has 1 saturated heterocycles. The third-order valence-electron chi connectivity index (χ3n) is 6.27. The molecule has 1 N–H and O–H groups in total. The van der Waals surface area contributed by atoms with Gasteiger partial charge in [0.05, 0.1) is 23.8 Å². The van der Waals surface area contributed by atoms with Crippen LogP contribution in [0.4, 0.5) is 11.4 Å². The number of hydrogen-bond acceptors (Lipinski definition) is 5. The van der Waals surface area contributed by atoms with E-state index in [1.807, 2.05) is 36.4 Å². The number of anilines is 2. The first-order valence-corrected chi connectivity index (χ1v) is 13.6. The Kier molecular flexibility index (Phi) is 8.28. The molecule has 1 heterocycles. The quantitative estimate of drug-likeness (QED) is 0.471. The Hall–Kier alpha value is -3.36. The van der Waals surface area contributed by atoms with E-state index >= 15 is 0 Å². The molecule has 1 aliphatic heterocycles. The Bertz CT molecular complexity index is 1240. The number of nitrogens with one attached hydrogen (secondary N) is 1. The van der Waals surface area contributed by atoms with Gasteiger partial charge in [0.2, 0.25) is 5.91 Å². The molecule has 1 aliphatic rings. The molecular weight excluding hydrogens is 474 g/mol. The van der Waals surface area contributed by atoms with Crippen molar-refractivity contribution in [3.63, 3.8) is 0 Å². The van der Waals surface area contributed by atoms with E-state index in [0.717, 1.165) is 43.1 Å². The zero-order valence-electron chi connectivity index (χ0n) is 20.8. The minimum absolute atomic E-state index is 0.143. The van der Waals surface area contributed by atoms with Crippen molar-refractivity contribution in [3.05, 3.63) is 90.0 Å². The minimum atomic E-state index is -3.93. The van der Waals surface area contributed by atoms with Gasteiger partial charge in [0, 0.05) is 25.3 Å². The number of amides is 1. The summed E-state index contributed by atoms with van der Waals surface area (Å²) in [6.45, 7) is 7.32. The average Bonchev–Trinajstić information content (AvgIpc) is 2.92. The molecule has 1 fully saturated rings. The van der Waals surface area contributed by atoms with Gasteiger partial charge in [-0.05, 0) is 53.4 Å². The molecule has 0 aliphatic carbocycles. The van der Waals surface area contributed by atoms with Gasteiger partial charge in [-0.15, -0.1) is 0 Å². The highest BCUT2D eigenvalue weighted by Crippen LogP contribution is 2.26. The highest BCUT2D eigenvalue weighted by molar-refractivity contribution is 7.92. The summed E-state index contributed by atoms with van der Waals surface area (Å²) in [5, 5.41) is 2.87. The Morgan fingerprint density at radius 1 is 0.944 bits per heavy atom. The standard InChI is InChI=1S/C28H33N3O4S/c1-22(2)24-10-14-26(15-11-24)31(36(33,34)27-6-4-3-5-7-27)21-28(32)29-20-23-8-12-25(13-9-23)30-16-18-35-19-17-30/h3-15,22H,16-21H2,1-2H3,(H,29,32). The van der Waals surface area contributed by atoms with Gasteiger partial charge in [-0.25, -0.2) is 8.42 Å². The molecule has 0 unspecified atom stereocenters. The van der Waals surface area contributed by atoms with Gasteiger partial charge in [-0.2, -0.15) is 0 Å². The second-order valence-corrected chi connectivity index (χ2v) is 11.0. The third-order valence-corrected chi connectivity index (χ3v) is 8.06. The lowest BCUT2D eigenvalue weighted by molar-refractivity contribution is -0.119. The monoisotopic (exact) mass is 507 g/mol. The van der Waals surface area contributed by atoms with Crippen molar-refractivity contribution in [2.75, 3.05) is 42.1 Å². The van der Waals surface area contributed by atoms with Crippen LogP contribution in [-0.4, -0.2) is 47.2 Å². The number of benzene rings is 3. The van der Waals surface area contributed by atoms with Crippen molar-refractivity contribution in [1.29, 1.82) is 0 Å². The fraction of sp³-hybridized carbons (Fsp3) is 0.321. The highest BCUT2D eigenvalue weighted by Gasteiger charge is 2.27. The zero-order chi connectivity index (χ0) is 25.5. The topological polar surface area (TPSA) is 79.0 Å². The molecule has 190 valence electrons. The molecule has 0 aromatic heterocycles. The SMILES string of the molecule is CC(C)c1ccc(N(CC(=O)NCc2ccc(N3CCOCC3)cc2)S(=O)(=O)c2ccccc2)cc1. The molecular formula is C28H33N3O4S. The van der Waals surface area contributed by atoms with E-state index in [1.54, 1.807) is 42.5 Å². The molecule has 0 radical (unpaired) electrons. The number of ether oxygens (including phenoxy) is 1. The lowest BCUT2D eigenvalue weighted by Gasteiger charge is -2.29. The zero-order valence-corrected chi connectivity index (χ0v) is 21.6. The molecule has 7 nitrogen and oxygen atoms in total. The van der Waals surface area contributed by atoms with E-state index in [2.05, 4.69) is 24.1 Å². The summed E-state index contributed by atoms with van der Waals surface area (Å²) < 4.78 is 33.5. The van der Waals surface area contributed by atoms with Gasteiger partial charge < -0.3 is 15.0 Å². The largest absolute Gasteiger partial charge is 0.378 e. The van der Waals surface area contributed by atoms with Crippen molar-refractivity contribution in [3.8, 4) is 0 Å². The van der Waals surface area contributed by atoms with Crippen LogP contribution in [0.5, 0.6) is 0 Å². The first-order chi connectivity index (χ1) is 17.3. The molecule has 0 atom stereocenters. The lowest BCUT2D eigenvalue weighted by atomic mass is 10.0. The van der Waals surface area contributed by atoms with Gasteiger partial charge in [-0.3, -0.25) is 9.10 Å². The fourth-order valence-electron chi connectivity index (χ4n) is 4.09. The summed E-state index contributed by atoms with van der Waals surface area (Å²) in [5.74, 6) is -0.0594. The third kappa shape index (κ3) is 6.25. The maximum atomic E-state index is 13.5. The predicted octanol–water partition coefficient (Wildman–Crippen LogP) is 4.16. The van der Waals surface area contributed by atoms with Crippen LogP contribution in [0.1, 0.15) is 30.9 Å². The summed E-state index contributed by atoms with van der Waals surface area (Å²) >= 11 is 0. The second-order valence-electron chi connectivity index (χ2n) is 9.11. The smallest absolute Gasteiger partial charge is 0.264 e. The van der Waals surface area contributed by atoms with E-state index in [9.17, 15) is 13.2 Å². The molecule has 8 heteroatoms. The minimum Gasteiger partial charge on any atom is -0.378 e. The number of sulfonamides is 1. The van der Waals surface area contributed by atoms with Crippen LogP contribution in [0.25, 0.3) is 0 Å². The number of carbonyl (C=O) groups excluding carboxylic acids is 1. The van der Waals surface area contributed by atoms with Crippen molar-refractivity contribution in [2.45, 2.75) is 31.2 Å². The van der Waals surface area contributed by atoms with E-state index in [4.69, 9.17) is 4.74 Å². The van der Waals surface area contributed by atoms with Crippen molar-refractivity contribution in [1.82, 2.24) is 5.32 Å². The summed E-state index contributed by atoms with van der Waals surface area (Å²) in [6, 6.07) is 23.5. The molecule has 1 amide bonds. The van der Waals surface area contributed by atoms with Crippen LogP contribution in [0, 0.1) is 0 Å². The van der Waals surface area contributed by atoms with Gasteiger partial charge in [0.15, 0.2) is 0 Å². The molecule has 4 rings (SSSR count). The number of nitrogens with zero attached hydrogens (tertiary/aromatic N) is 2.